The van der Waals surface area contributed by atoms with E-state index >= 15 is 0 Å². The summed E-state index contributed by atoms with van der Waals surface area (Å²) in [6, 6.07) is 10.8. The number of anilines is 1. The highest BCUT2D eigenvalue weighted by Crippen LogP contribution is 2.42. The van der Waals surface area contributed by atoms with E-state index in [9.17, 15) is 0 Å². The number of pyridine rings is 1. The molecule has 0 saturated carbocycles. The van der Waals surface area contributed by atoms with Crippen LogP contribution in [-0.2, 0) is 5.41 Å². The first-order valence-corrected chi connectivity index (χ1v) is 9.99. The molecule has 1 unspecified atom stereocenters. The lowest BCUT2D eigenvalue weighted by molar-refractivity contribution is 0.511. The molecular formula is C25H31N3. The molecule has 1 aromatic heterocycles. The third-order valence-electron chi connectivity index (χ3n) is 5.89. The Kier molecular flexibility index (Phi) is 5.83. The molecule has 0 bridgehead atoms. The summed E-state index contributed by atoms with van der Waals surface area (Å²) in [6.45, 7) is 13.5. The lowest BCUT2D eigenvalue weighted by Crippen LogP contribution is -2.27. The number of benzene rings is 1. The van der Waals surface area contributed by atoms with E-state index in [1.165, 1.54) is 33.5 Å². The van der Waals surface area contributed by atoms with E-state index in [0.29, 0.717) is 0 Å². The maximum Gasteiger partial charge on any atom is 0.0610 e. The van der Waals surface area contributed by atoms with Crippen molar-refractivity contribution in [2.24, 2.45) is 4.99 Å². The zero-order valence-corrected chi connectivity index (χ0v) is 17.8. The number of hydrogen-bond acceptors (Lipinski definition) is 3. The summed E-state index contributed by atoms with van der Waals surface area (Å²) in [5, 5.41) is 3.46. The molecule has 0 saturated heterocycles. The van der Waals surface area contributed by atoms with E-state index in [2.05, 4.69) is 68.8 Å². The van der Waals surface area contributed by atoms with Crippen molar-refractivity contribution in [2.45, 2.75) is 46.0 Å². The van der Waals surface area contributed by atoms with Gasteiger partial charge >= 0.3 is 0 Å². The van der Waals surface area contributed by atoms with Gasteiger partial charge in [-0.15, -0.1) is 6.58 Å². The molecule has 0 spiro atoms. The number of hydrogen-bond donors (Lipinski definition) is 1. The Morgan fingerprint density at radius 1 is 1.21 bits per heavy atom. The highest BCUT2D eigenvalue weighted by atomic mass is 14.8. The van der Waals surface area contributed by atoms with Gasteiger partial charge in [0.25, 0.3) is 0 Å². The molecule has 1 atom stereocenters. The molecule has 2 aromatic rings. The van der Waals surface area contributed by atoms with Gasteiger partial charge in [0.1, 0.15) is 0 Å². The molecule has 1 N–H and O–H groups in total. The summed E-state index contributed by atoms with van der Waals surface area (Å²) >= 11 is 0. The second-order valence-electron chi connectivity index (χ2n) is 7.90. The average Bonchev–Trinajstić information content (AvgIpc) is 3.04. The van der Waals surface area contributed by atoms with Crippen molar-refractivity contribution >= 4 is 17.0 Å². The molecule has 28 heavy (non-hydrogen) atoms. The second-order valence-corrected chi connectivity index (χ2v) is 7.90. The van der Waals surface area contributed by atoms with Gasteiger partial charge < -0.3 is 5.32 Å². The summed E-state index contributed by atoms with van der Waals surface area (Å²) < 4.78 is 0. The molecule has 1 aromatic carbocycles. The summed E-state index contributed by atoms with van der Waals surface area (Å²) in [6.07, 6.45) is 5.77. The molecule has 0 amide bonds. The van der Waals surface area contributed by atoms with E-state index in [0.717, 1.165) is 30.8 Å². The lowest BCUT2D eigenvalue weighted by Gasteiger charge is -2.33. The number of allylic oxidation sites excluding steroid dienone is 2. The van der Waals surface area contributed by atoms with Gasteiger partial charge in [0.2, 0.25) is 0 Å². The molecule has 1 aliphatic heterocycles. The fraction of sp³-hybridized carbons (Fsp3) is 0.360. The molecule has 3 nitrogen and oxygen atoms in total. The molecule has 0 aliphatic carbocycles. The first-order valence-electron chi connectivity index (χ1n) is 9.99. The van der Waals surface area contributed by atoms with Crippen LogP contribution in [0.15, 0.2) is 59.7 Å². The van der Waals surface area contributed by atoms with E-state index in [1.54, 1.807) is 0 Å². The van der Waals surface area contributed by atoms with Crippen LogP contribution in [0.2, 0.25) is 0 Å². The van der Waals surface area contributed by atoms with E-state index < -0.39 is 0 Å². The monoisotopic (exact) mass is 373 g/mol. The Morgan fingerprint density at radius 3 is 2.57 bits per heavy atom. The first kappa shape index (κ1) is 20.1. The third kappa shape index (κ3) is 3.54. The predicted molar refractivity (Wildman–Crippen MR) is 121 cm³/mol. The van der Waals surface area contributed by atoms with Crippen LogP contribution in [0.25, 0.3) is 5.57 Å². The van der Waals surface area contributed by atoms with Crippen molar-refractivity contribution in [3.63, 3.8) is 0 Å². The van der Waals surface area contributed by atoms with Gasteiger partial charge in [0.05, 0.1) is 12.2 Å². The van der Waals surface area contributed by atoms with Gasteiger partial charge in [-0.05, 0) is 87.1 Å². The van der Waals surface area contributed by atoms with Crippen LogP contribution in [0.4, 0.5) is 5.69 Å². The molecule has 146 valence electrons. The minimum absolute atomic E-state index is 0.216. The number of aromatic nitrogens is 1. The summed E-state index contributed by atoms with van der Waals surface area (Å²) in [4.78, 5) is 9.39. The summed E-state index contributed by atoms with van der Waals surface area (Å²) in [7, 11) is 2.00. The highest BCUT2D eigenvalue weighted by molar-refractivity contribution is 6.25. The van der Waals surface area contributed by atoms with Crippen molar-refractivity contribution in [1.29, 1.82) is 0 Å². The predicted octanol–water partition coefficient (Wildman–Crippen LogP) is 5.95. The molecular weight excluding hydrogens is 342 g/mol. The Bertz CT molecular complexity index is 938. The minimum atomic E-state index is -0.216. The summed E-state index contributed by atoms with van der Waals surface area (Å²) in [5.74, 6) is 0. The SMILES string of the molecule is C=CCCC(C)(c1ccccn1)c1cc(C2=C(C)CN=C2C)cc(C)c1NC. The van der Waals surface area contributed by atoms with Crippen molar-refractivity contribution < 1.29 is 0 Å². The van der Waals surface area contributed by atoms with Gasteiger partial charge in [-0.1, -0.05) is 12.1 Å². The topological polar surface area (TPSA) is 37.3 Å². The number of aryl methyl sites for hydroxylation is 1. The normalized spacial score (nSPS) is 16.0. The second kappa shape index (κ2) is 8.14. The van der Waals surface area contributed by atoms with Gasteiger partial charge in [-0.3, -0.25) is 9.98 Å². The number of rotatable bonds is 7. The summed E-state index contributed by atoms with van der Waals surface area (Å²) in [5.41, 5.74) is 9.60. The van der Waals surface area contributed by atoms with Crippen molar-refractivity contribution in [3.05, 3.63) is 77.1 Å². The van der Waals surface area contributed by atoms with Gasteiger partial charge in [-0.2, -0.15) is 0 Å². The molecule has 1 aliphatic rings. The molecule has 3 heteroatoms. The van der Waals surface area contributed by atoms with Crippen LogP contribution in [-0.4, -0.2) is 24.3 Å². The minimum Gasteiger partial charge on any atom is -0.388 e. The number of nitrogens with one attached hydrogen (secondary N) is 1. The van der Waals surface area contributed by atoms with Crippen LogP contribution in [0.1, 0.15) is 56.0 Å². The Morgan fingerprint density at radius 2 is 2.00 bits per heavy atom. The van der Waals surface area contributed by atoms with Gasteiger partial charge in [0, 0.05) is 35.6 Å². The number of aliphatic imine (C=N–C) groups is 1. The van der Waals surface area contributed by atoms with Crippen LogP contribution >= 0.6 is 0 Å². The fourth-order valence-electron chi connectivity index (χ4n) is 4.34. The van der Waals surface area contributed by atoms with E-state index in [4.69, 9.17) is 4.98 Å². The van der Waals surface area contributed by atoms with E-state index in [-0.39, 0.29) is 5.41 Å². The lowest BCUT2D eigenvalue weighted by atomic mass is 9.73. The smallest absolute Gasteiger partial charge is 0.0610 e. The van der Waals surface area contributed by atoms with Crippen LogP contribution in [0, 0.1) is 6.92 Å². The standard InChI is InChI=1S/C25H31N3/c1-7-8-12-25(5,22-11-9-10-13-27-22)21-15-20(14-17(2)24(21)26-6)23-18(3)16-28-19(23)4/h7,9-11,13-15,26H,1,8,12,16H2,2-6H3. The molecule has 3 rings (SSSR count). The van der Waals surface area contributed by atoms with Gasteiger partial charge in [-0.25, -0.2) is 0 Å². The quantitative estimate of drug-likeness (QED) is 0.609. The Balaban J connectivity index is 2.26. The van der Waals surface area contributed by atoms with Gasteiger partial charge in [0.15, 0.2) is 0 Å². The Hall–Kier alpha value is -2.68. The average molecular weight is 374 g/mol. The molecule has 0 fully saturated rings. The highest BCUT2D eigenvalue weighted by Gasteiger charge is 2.33. The molecule has 2 heterocycles. The zero-order chi connectivity index (χ0) is 20.3. The largest absolute Gasteiger partial charge is 0.388 e. The van der Waals surface area contributed by atoms with E-state index in [1.807, 2.05) is 25.4 Å². The Labute approximate surface area is 169 Å². The first-order chi connectivity index (χ1) is 13.4. The fourth-order valence-corrected chi connectivity index (χ4v) is 4.34. The zero-order valence-electron chi connectivity index (χ0n) is 17.8. The van der Waals surface area contributed by atoms with Crippen molar-refractivity contribution in [3.8, 4) is 0 Å². The third-order valence-corrected chi connectivity index (χ3v) is 5.89. The maximum absolute atomic E-state index is 4.74. The van der Waals surface area contributed by atoms with Crippen LogP contribution in [0.5, 0.6) is 0 Å². The van der Waals surface area contributed by atoms with Crippen LogP contribution < -0.4 is 5.32 Å². The van der Waals surface area contributed by atoms with Crippen molar-refractivity contribution in [2.75, 3.05) is 18.9 Å². The maximum atomic E-state index is 4.74. The van der Waals surface area contributed by atoms with Crippen molar-refractivity contribution in [1.82, 2.24) is 4.98 Å². The number of nitrogens with zero attached hydrogens (tertiary/aromatic N) is 2. The molecule has 0 radical (unpaired) electrons. The van der Waals surface area contributed by atoms with Crippen LogP contribution in [0.3, 0.4) is 0 Å².